The summed E-state index contributed by atoms with van der Waals surface area (Å²) in [6, 6.07) is 9.54. The van der Waals surface area contributed by atoms with Crippen LogP contribution in [0, 0.1) is 6.92 Å². The Morgan fingerprint density at radius 2 is 2.11 bits per heavy atom. The summed E-state index contributed by atoms with van der Waals surface area (Å²) in [7, 11) is 1.84. The Labute approximate surface area is 112 Å². The highest BCUT2D eigenvalue weighted by atomic mass is 35.5. The molecule has 0 unspecified atom stereocenters. The number of nitrogens with one attached hydrogen (secondary N) is 1. The van der Waals surface area contributed by atoms with Gasteiger partial charge in [0.05, 0.1) is 0 Å². The predicted molar refractivity (Wildman–Crippen MR) is 74.3 cm³/mol. The lowest BCUT2D eigenvalue weighted by atomic mass is 10.2. The van der Waals surface area contributed by atoms with Gasteiger partial charge in [0.25, 0.3) is 0 Å². The minimum absolute atomic E-state index is 0.512. The molecule has 0 amide bonds. The molecule has 0 bridgehead atoms. The van der Waals surface area contributed by atoms with E-state index in [1.54, 1.807) is 6.20 Å². The van der Waals surface area contributed by atoms with Crippen LogP contribution in [0.2, 0.25) is 5.02 Å². The van der Waals surface area contributed by atoms with Crippen LogP contribution in [0.25, 0.3) is 0 Å². The first kappa shape index (κ1) is 12.7. The number of aromatic nitrogens is 1. The van der Waals surface area contributed by atoms with Gasteiger partial charge >= 0.3 is 0 Å². The van der Waals surface area contributed by atoms with Gasteiger partial charge in [0.2, 0.25) is 0 Å². The number of anilines is 1. The van der Waals surface area contributed by atoms with Crippen LogP contribution in [0.4, 0.5) is 5.82 Å². The van der Waals surface area contributed by atoms with E-state index in [2.05, 4.69) is 10.3 Å². The van der Waals surface area contributed by atoms with Gasteiger partial charge < -0.3 is 10.1 Å². The van der Waals surface area contributed by atoms with Gasteiger partial charge in [-0.15, -0.1) is 0 Å². The van der Waals surface area contributed by atoms with Crippen LogP contribution in [0.3, 0.4) is 0 Å². The quantitative estimate of drug-likeness (QED) is 0.913. The van der Waals surface area contributed by atoms with Crippen molar-refractivity contribution in [3.05, 3.63) is 52.7 Å². The van der Waals surface area contributed by atoms with Crippen LogP contribution >= 0.6 is 11.6 Å². The maximum atomic E-state index is 5.97. The molecule has 0 fully saturated rings. The molecule has 2 rings (SSSR count). The average molecular weight is 263 g/mol. The topological polar surface area (TPSA) is 34.1 Å². The number of aryl methyl sites for hydroxylation is 1. The van der Waals surface area contributed by atoms with E-state index in [0.29, 0.717) is 6.61 Å². The normalized spacial score (nSPS) is 10.2. The van der Waals surface area contributed by atoms with Crippen molar-refractivity contribution in [3.8, 4) is 5.75 Å². The number of halogens is 1. The fourth-order valence-corrected chi connectivity index (χ4v) is 1.69. The molecule has 94 valence electrons. The Kier molecular flexibility index (Phi) is 4.05. The number of pyridine rings is 1. The molecule has 0 spiro atoms. The number of hydrogen-bond donors (Lipinski definition) is 1. The average Bonchev–Trinajstić information content (AvgIpc) is 2.40. The summed E-state index contributed by atoms with van der Waals surface area (Å²) in [6.07, 6.45) is 1.76. The van der Waals surface area contributed by atoms with E-state index in [1.807, 2.05) is 44.3 Å². The summed E-state index contributed by atoms with van der Waals surface area (Å²) < 4.78 is 5.71. The van der Waals surface area contributed by atoms with Gasteiger partial charge in [0.1, 0.15) is 18.2 Å². The highest BCUT2D eigenvalue weighted by molar-refractivity contribution is 6.31. The number of benzene rings is 1. The second kappa shape index (κ2) is 5.74. The molecule has 0 radical (unpaired) electrons. The number of hydrogen-bond acceptors (Lipinski definition) is 3. The van der Waals surface area contributed by atoms with E-state index in [1.165, 1.54) is 0 Å². The van der Waals surface area contributed by atoms with Crippen LogP contribution < -0.4 is 10.1 Å². The van der Waals surface area contributed by atoms with Crippen molar-refractivity contribution >= 4 is 17.4 Å². The molecular weight excluding hydrogens is 248 g/mol. The van der Waals surface area contributed by atoms with Crippen molar-refractivity contribution in [2.24, 2.45) is 0 Å². The lowest BCUT2D eigenvalue weighted by molar-refractivity contribution is 0.306. The summed E-state index contributed by atoms with van der Waals surface area (Å²) >= 11 is 5.97. The summed E-state index contributed by atoms with van der Waals surface area (Å²) in [4.78, 5) is 4.15. The van der Waals surface area contributed by atoms with Crippen molar-refractivity contribution in [2.45, 2.75) is 13.5 Å². The molecule has 3 nitrogen and oxygen atoms in total. The second-order valence-electron chi connectivity index (χ2n) is 4.00. The van der Waals surface area contributed by atoms with Crippen LogP contribution in [-0.2, 0) is 6.61 Å². The Hall–Kier alpha value is -1.74. The van der Waals surface area contributed by atoms with Gasteiger partial charge in [-0.2, -0.15) is 0 Å². The molecule has 0 saturated carbocycles. The maximum Gasteiger partial charge on any atom is 0.126 e. The number of rotatable bonds is 4. The number of ether oxygens (including phenoxy) is 1. The van der Waals surface area contributed by atoms with Crippen LogP contribution in [-0.4, -0.2) is 12.0 Å². The lowest BCUT2D eigenvalue weighted by Gasteiger charge is -2.08. The maximum absolute atomic E-state index is 5.97. The number of nitrogens with zero attached hydrogens (tertiary/aromatic N) is 1. The van der Waals surface area contributed by atoms with Crippen molar-refractivity contribution in [1.29, 1.82) is 0 Å². The van der Waals surface area contributed by atoms with Crippen molar-refractivity contribution in [1.82, 2.24) is 4.98 Å². The molecule has 0 aliphatic heterocycles. The first-order chi connectivity index (χ1) is 8.69. The second-order valence-corrected chi connectivity index (χ2v) is 4.41. The molecule has 0 aliphatic rings. The van der Waals surface area contributed by atoms with Gasteiger partial charge in [-0.1, -0.05) is 11.6 Å². The van der Waals surface area contributed by atoms with Crippen LogP contribution in [0.1, 0.15) is 11.1 Å². The molecule has 1 aromatic heterocycles. The molecule has 1 heterocycles. The molecule has 0 saturated heterocycles. The van der Waals surface area contributed by atoms with Gasteiger partial charge in [0.15, 0.2) is 0 Å². The minimum Gasteiger partial charge on any atom is -0.489 e. The third-order valence-corrected chi connectivity index (χ3v) is 3.04. The highest BCUT2D eigenvalue weighted by Crippen LogP contribution is 2.22. The standard InChI is InChI=1S/C14H15ClN2O/c1-10-7-12(3-4-13(10)15)18-9-11-5-6-17-14(8-11)16-2/h3-8H,9H2,1-2H3,(H,16,17). The zero-order valence-corrected chi connectivity index (χ0v) is 11.2. The van der Waals surface area contributed by atoms with E-state index in [9.17, 15) is 0 Å². The fraction of sp³-hybridized carbons (Fsp3) is 0.214. The van der Waals surface area contributed by atoms with Crippen molar-refractivity contribution < 1.29 is 4.74 Å². The van der Waals surface area contributed by atoms with Crippen molar-refractivity contribution in [3.63, 3.8) is 0 Å². The fourth-order valence-electron chi connectivity index (χ4n) is 1.57. The zero-order chi connectivity index (χ0) is 13.0. The summed E-state index contributed by atoms with van der Waals surface area (Å²) in [6.45, 7) is 2.47. The van der Waals surface area contributed by atoms with E-state index in [0.717, 1.165) is 27.7 Å². The lowest BCUT2D eigenvalue weighted by Crippen LogP contribution is -1.98. The highest BCUT2D eigenvalue weighted by Gasteiger charge is 2.00. The minimum atomic E-state index is 0.512. The Bertz CT molecular complexity index is 543. The zero-order valence-electron chi connectivity index (χ0n) is 10.4. The summed E-state index contributed by atoms with van der Waals surface area (Å²) in [5.74, 6) is 1.66. The summed E-state index contributed by atoms with van der Waals surface area (Å²) in [5, 5.41) is 3.75. The SMILES string of the molecule is CNc1cc(COc2ccc(Cl)c(C)c2)ccn1. The van der Waals surface area contributed by atoms with E-state index in [-0.39, 0.29) is 0 Å². The Morgan fingerprint density at radius 3 is 2.83 bits per heavy atom. The molecule has 1 N–H and O–H groups in total. The van der Waals surface area contributed by atoms with Crippen LogP contribution in [0.5, 0.6) is 5.75 Å². The third-order valence-electron chi connectivity index (χ3n) is 2.62. The largest absolute Gasteiger partial charge is 0.489 e. The van der Waals surface area contributed by atoms with Gasteiger partial charge in [0, 0.05) is 18.3 Å². The van der Waals surface area contributed by atoms with Crippen LogP contribution in [0.15, 0.2) is 36.5 Å². The smallest absolute Gasteiger partial charge is 0.126 e. The molecule has 4 heteroatoms. The summed E-state index contributed by atoms with van der Waals surface area (Å²) in [5.41, 5.74) is 2.08. The first-order valence-corrected chi connectivity index (χ1v) is 6.08. The third kappa shape index (κ3) is 3.14. The molecular formula is C14H15ClN2O. The van der Waals surface area contributed by atoms with Crippen molar-refractivity contribution in [2.75, 3.05) is 12.4 Å². The molecule has 1 aromatic carbocycles. The Balaban J connectivity index is 2.04. The van der Waals surface area contributed by atoms with E-state index in [4.69, 9.17) is 16.3 Å². The molecule has 18 heavy (non-hydrogen) atoms. The monoisotopic (exact) mass is 262 g/mol. The first-order valence-electron chi connectivity index (χ1n) is 5.70. The molecule has 0 aliphatic carbocycles. The van der Waals surface area contributed by atoms with Gasteiger partial charge in [-0.25, -0.2) is 4.98 Å². The van der Waals surface area contributed by atoms with E-state index >= 15 is 0 Å². The predicted octanol–water partition coefficient (Wildman–Crippen LogP) is 3.66. The van der Waals surface area contributed by atoms with Gasteiger partial charge in [-0.05, 0) is 48.4 Å². The Morgan fingerprint density at radius 1 is 1.28 bits per heavy atom. The van der Waals surface area contributed by atoms with E-state index < -0.39 is 0 Å². The van der Waals surface area contributed by atoms with Gasteiger partial charge in [-0.3, -0.25) is 0 Å². The molecule has 0 atom stereocenters. The molecule has 2 aromatic rings.